The number of anilines is 1. The van der Waals surface area contributed by atoms with Gasteiger partial charge in [0.05, 0.1) is 12.1 Å². The maximum absolute atomic E-state index is 13.4. The molecule has 0 saturated carbocycles. The number of ketones is 1. The highest BCUT2D eigenvalue weighted by Gasteiger charge is 2.14. The molecule has 0 aliphatic heterocycles. The Bertz CT molecular complexity index is 621. The van der Waals surface area contributed by atoms with Crippen LogP contribution in [0.4, 0.5) is 10.1 Å². The summed E-state index contributed by atoms with van der Waals surface area (Å²) >= 11 is 0. The summed E-state index contributed by atoms with van der Waals surface area (Å²) in [7, 11) is 0. The van der Waals surface area contributed by atoms with Crippen LogP contribution in [0.5, 0.6) is 0 Å². The molecule has 0 aliphatic carbocycles. The molecule has 0 unspecified atom stereocenters. The van der Waals surface area contributed by atoms with Crippen LogP contribution >= 0.6 is 0 Å². The number of halogens is 1. The zero-order valence-corrected chi connectivity index (χ0v) is 11.5. The van der Waals surface area contributed by atoms with E-state index in [-0.39, 0.29) is 23.5 Å². The van der Waals surface area contributed by atoms with Crippen LogP contribution in [-0.4, -0.2) is 20.5 Å². The monoisotopic (exact) mass is 276 g/mol. The topological polar surface area (TPSA) is 73.8 Å². The molecule has 0 saturated heterocycles. The molecule has 106 valence electrons. The third-order valence-corrected chi connectivity index (χ3v) is 2.87. The summed E-state index contributed by atoms with van der Waals surface area (Å²) in [5.41, 5.74) is 5.71. The molecule has 1 heterocycles. The summed E-state index contributed by atoms with van der Waals surface area (Å²) in [6, 6.07) is 4.06. The lowest BCUT2D eigenvalue weighted by Gasteiger charge is -2.08. The first-order valence-corrected chi connectivity index (χ1v) is 6.42. The molecule has 0 bridgehead atoms. The van der Waals surface area contributed by atoms with Gasteiger partial charge in [-0.25, -0.2) is 14.1 Å². The Labute approximate surface area is 116 Å². The number of nitrogens with two attached hydrogens (primary N) is 1. The summed E-state index contributed by atoms with van der Waals surface area (Å²) in [4.78, 5) is 16.2. The highest BCUT2D eigenvalue weighted by Crippen LogP contribution is 2.14. The van der Waals surface area contributed by atoms with Gasteiger partial charge in [0.1, 0.15) is 18.0 Å². The highest BCUT2D eigenvalue weighted by atomic mass is 19.1. The molecule has 0 fully saturated rings. The summed E-state index contributed by atoms with van der Waals surface area (Å²) < 4.78 is 15.1. The largest absolute Gasteiger partial charge is 0.396 e. The fraction of sp³-hybridized carbons (Fsp3) is 0.357. The van der Waals surface area contributed by atoms with Crippen molar-refractivity contribution in [3.05, 3.63) is 41.7 Å². The van der Waals surface area contributed by atoms with E-state index >= 15 is 0 Å². The third kappa shape index (κ3) is 3.20. The second-order valence-corrected chi connectivity index (χ2v) is 5.09. The van der Waals surface area contributed by atoms with Gasteiger partial charge in [0.25, 0.3) is 0 Å². The fourth-order valence-electron chi connectivity index (χ4n) is 1.87. The molecule has 20 heavy (non-hydrogen) atoms. The Hall–Kier alpha value is -2.24. The quantitative estimate of drug-likeness (QED) is 0.670. The van der Waals surface area contributed by atoms with Crippen molar-refractivity contribution < 1.29 is 9.18 Å². The lowest BCUT2D eigenvalue weighted by molar-refractivity contribution is 0.0988. The van der Waals surface area contributed by atoms with Crippen molar-refractivity contribution in [2.45, 2.75) is 26.8 Å². The first-order valence-electron chi connectivity index (χ1n) is 6.42. The minimum Gasteiger partial charge on any atom is -0.396 e. The van der Waals surface area contributed by atoms with E-state index in [1.54, 1.807) is 4.68 Å². The number of Topliss-reactive ketones (excluding diaryl/α,β-unsaturated/α-hetero) is 1. The van der Waals surface area contributed by atoms with Crippen molar-refractivity contribution in [1.82, 2.24) is 14.8 Å². The van der Waals surface area contributed by atoms with Crippen LogP contribution in [0.1, 0.15) is 30.0 Å². The molecule has 2 rings (SSSR count). The molecule has 0 atom stereocenters. The second-order valence-electron chi connectivity index (χ2n) is 5.09. The van der Waals surface area contributed by atoms with Gasteiger partial charge in [-0.05, 0) is 24.1 Å². The molecular weight excluding hydrogens is 259 g/mol. The fourth-order valence-corrected chi connectivity index (χ4v) is 1.87. The normalized spacial score (nSPS) is 11.0. The van der Waals surface area contributed by atoms with Crippen LogP contribution in [0, 0.1) is 11.7 Å². The number of rotatable bonds is 5. The number of carbonyl (C=O) groups is 1. The van der Waals surface area contributed by atoms with Gasteiger partial charge in [0.2, 0.25) is 0 Å². The van der Waals surface area contributed by atoms with Crippen LogP contribution < -0.4 is 5.73 Å². The van der Waals surface area contributed by atoms with Crippen molar-refractivity contribution in [2.24, 2.45) is 5.92 Å². The zero-order valence-electron chi connectivity index (χ0n) is 11.5. The lowest BCUT2D eigenvalue weighted by Crippen LogP contribution is -2.14. The molecule has 1 aromatic heterocycles. The van der Waals surface area contributed by atoms with Crippen molar-refractivity contribution in [2.75, 3.05) is 5.73 Å². The Morgan fingerprint density at radius 2 is 2.20 bits per heavy atom. The molecule has 0 radical (unpaired) electrons. The van der Waals surface area contributed by atoms with Gasteiger partial charge in [0.15, 0.2) is 5.78 Å². The van der Waals surface area contributed by atoms with E-state index in [0.29, 0.717) is 18.3 Å². The van der Waals surface area contributed by atoms with E-state index in [4.69, 9.17) is 5.73 Å². The molecule has 6 heteroatoms. The standard InChI is InChI=1S/C14H17FN4O/c1-9(2)7-19-14(17-8-18-19)6-13(20)10-3-4-12(16)11(15)5-10/h3-5,8-9H,6-7,16H2,1-2H3. The molecule has 0 spiro atoms. The van der Waals surface area contributed by atoms with Crippen LogP contribution in [0.15, 0.2) is 24.5 Å². The first-order chi connectivity index (χ1) is 9.47. The minimum absolute atomic E-state index is 0.0320. The van der Waals surface area contributed by atoms with E-state index < -0.39 is 5.82 Å². The number of nitrogen functional groups attached to an aromatic ring is 1. The molecule has 5 nitrogen and oxygen atoms in total. The van der Waals surface area contributed by atoms with Gasteiger partial charge in [-0.15, -0.1) is 0 Å². The van der Waals surface area contributed by atoms with Crippen molar-refractivity contribution >= 4 is 11.5 Å². The van der Waals surface area contributed by atoms with Gasteiger partial charge in [0, 0.05) is 12.1 Å². The molecule has 0 amide bonds. The SMILES string of the molecule is CC(C)Cn1ncnc1CC(=O)c1ccc(N)c(F)c1. The van der Waals surface area contributed by atoms with Gasteiger partial charge >= 0.3 is 0 Å². The van der Waals surface area contributed by atoms with E-state index in [1.165, 1.54) is 18.5 Å². The van der Waals surface area contributed by atoms with Crippen LogP contribution in [-0.2, 0) is 13.0 Å². The molecule has 2 N–H and O–H groups in total. The molecule has 0 aliphatic rings. The van der Waals surface area contributed by atoms with E-state index in [1.807, 2.05) is 0 Å². The van der Waals surface area contributed by atoms with Gasteiger partial charge in [-0.1, -0.05) is 13.8 Å². The van der Waals surface area contributed by atoms with E-state index in [9.17, 15) is 9.18 Å². The highest BCUT2D eigenvalue weighted by molar-refractivity contribution is 5.97. The van der Waals surface area contributed by atoms with E-state index in [2.05, 4.69) is 23.9 Å². The minimum atomic E-state index is -0.584. The Balaban J connectivity index is 2.15. The average molecular weight is 276 g/mol. The van der Waals surface area contributed by atoms with Crippen LogP contribution in [0.3, 0.4) is 0 Å². The molecule has 2 aromatic rings. The summed E-state index contributed by atoms with van der Waals surface area (Å²) in [6.45, 7) is 4.81. The van der Waals surface area contributed by atoms with Crippen LogP contribution in [0.25, 0.3) is 0 Å². The number of carbonyl (C=O) groups excluding carboxylic acids is 1. The zero-order chi connectivity index (χ0) is 14.7. The Morgan fingerprint density at radius 3 is 2.85 bits per heavy atom. The van der Waals surface area contributed by atoms with E-state index in [0.717, 1.165) is 6.07 Å². The predicted octanol–water partition coefficient (Wildman–Crippen LogP) is 2.08. The molecular formula is C14H17FN4O. The van der Waals surface area contributed by atoms with Crippen LogP contribution in [0.2, 0.25) is 0 Å². The summed E-state index contributed by atoms with van der Waals surface area (Å²) in [5.74, 6) is 0.196. The van der Waals surface area contributed by atoms with Crippen molar-refractivity contribution in [3.63, 3.8) is 0 Å². The van der Waals surface area contributed by atoms with Gasteiger partial charge < -0.3 is 5.73 Å². The maximum Gasteiger partial charge on any atom is 0.170 e. The number of hydrogen-bond acceptors (Lipinski definition) is 4. The average Bonchev–Trinajstić information content (AvgIpc) is 2.79. The number of benzene rings is 1. The predicted molar refractivity (Wildman–Crippen MR) is 73.7 cm³/mol. The lowest BCUT2D eigenvalue weighted by atomic mass is 10.1. The molecule has 1 aromatic carbocycles. The first kappa shape index (κ1) is 14.2. The van der Waals surface area contributed by atoms with Gasteiger partial charge in [-0.2, -0.15) is 5.10 Å². The van der Waals surface area contributed by atoms with Gasteiger partial charge in [-0.3, -0.25) is 4.79 Å². The van der Waals surface area contributed by atoms with Crippen molar-refractivity contribution in [1.29, 1.82) is 0 Å². The number of nitrogens with zero attached hydrogens (tertiary/aromatic N) is 3. The second kappa shape index (κ2) is 5.81. The smallest absolute Gasteiger partial charge is 0.170 e. The number of hydrogen-bond donors (Lipinski definition) is 1. The summed E-state index contributed by atoms with van der Waals surface area (Å²) in [5, 5.41) is 4.09. The maximum atomic E-state index is 13.4. The Kier molecular flexibility index (Phi) is 4.12. The third-order valence-electron chi connectivity index (χ3n) is 2.87. The van der Waals surface area contributed by atoms with Crippen molar-refractivity contribution in [3.8, 4) is 0 Å². The number of aromatic nitrogens is 3. The summed E-state index contributed by atoms with van der Waals surface area (Å²) in [6.07, 6.45) is 1.52. The Morgan fingerprint density at radius 1 is 1.45 bits per heavy atom.